The molecular formula is C15H18O2. The molecule has 0 aliphatic heterocycles. The second kappa shape index (κ2) is 4.10. The lowest BCUT2D eigenvalue weighted by Gasteiger charge is -2.19. The molecule has 0 radical (unpaired) electrons. The van der Waals surface area contributed by atoms with Crippen molar-refractivity contribution in [2.75, 3.05) is 7.11 Å². The second-order valence-electron chi connectivity index (χ2n) is 5.24. The fraction of sp³-hybridized carbons (Fsp3) is 0.467. The van der Waals surface area contributed by atoms with Crippen LogP contribution in [0.1, 0.15) is 24.8 Å². The highest BCUT2D eigenvalue weighted by Crippen LogP contribution is 2.45. The first-order valence-corrected chi connectivity index (χ1v) is 6.30. The first-order chi connectivity index (χ1) is 8.26. The monoisotopic (exact) mass is 230 g/mol. The normalized spacial score (nSPS) is 26.1. The Hall–Kier alpha value is -1.44. The third kappa shape index (κ3) is 1.92. The highest BCUT2D eigenvalue weighted by Gasteiger charge is 2.33. The Labute approximate surface area is 102 Å². The number of fused-ring (bicyclic) bond motifs is 2. The molecule has 1 N–H and O–H groups in total. The van der Waals surface area contributed by atoms with Crippen molar-refractivity contribution in [3.63, 3.8) is 0 Å². The van der Waals surface area contributed by atoms with Gasteiger partial charge in [0.25, 0.3) is 0 Å². The topological polar surface area (TPSA) is 29.5 Å². The summed E-state index contributed by atoms with van der Waals surface area (Å²) < 4.78 is 5.15. The van der Waals surface area contributed by atoms with Crippen LogP contribution in [0.25, 0.3) is 0 Å². The van der Waals surface area contributed by atoms with Gasteiger partial charge in [-0.15, -0.1) is 0 Å². The van der Waals surface area contributed by atoms with Gasteiger partial charge in [0.2, 0.25) is 0 Å². The minimum absolute atomic E-state index is 0.229. The zero-order valence-electron chi connectivity index (χ0n) is 10.1. The molecule has 2 bridgehead atoms. The van der Waals surface area contributed by atoms with Gasteiger partial charge in [0, 0.05) is 0 Å². The minimum Gasteiger partial charge on any atom is -0.504 e. The lowest BCUT2D eigenvalue weighted by Crippen LogP contribution is -2.11. The Morgan fingerprint density at radius 2 is 2.24 bits per heavy atom. The van der Waals surface area contributed by atoms with Crippen LogP contribution >= 0.6 is 0 Å². The first kappa shape index (κ1) is 10.7. The van der Waals surface area contributed by atoms with E-state index in [1.165, 1.54) is 24.8 Å². The summed E-state index contributed by atoms with van der Waals surface area (Å²) in [6.45, 7) is 0. The average molecular weight is 230 g/mol. The summed E-state index contributed by atoms with van der Waals surface area (Å²) in [7, 11) is 1.60. The zero-order chi connectivity index (χ0) is 11.8. The lowest BCUT2D eigenvalue weighted by molar-refractivity contribution is 0.368. The second-order valence-corrected chi connectivity index (χ2v) is 5.24. The third-order valence-electron chi connectivity index (χ3n) is 4.17. The number of ether oxygens (including phenoxy) is 1. The van der Waals surface area contributed by atoms with E-state index in [4.69, 9.17) is 4.74 Å². The standard InChI is InChI=1S/C15H18O2/c1-17-15-9-11(3-5-14(15)16)8-13-7-10-2-4-12(13)6-10/h2-3,5,9,12-13,16H,4,6-8H2,1H3. The number of rotatable bonds is 3. The van der Waals surface area contributed by atoms with Crippen molar-refractivity contribution in [3.05, 3.63) is 35.4 Å². The molecule has 90 valence electrons. The Morgan fingerprint density at radius 3 is 2.88 bits per heavy atom. The molecule has 2 heteroatoms. The maximum atomic E-state index is 9.57. The summed E-state index contributed by atoms with van der Waals surface area (Å²) in [6, 6.07) is 5.72. The summed E-state index contributed by atoms with van der Waals surface area (Å²) >= 11 is 0. The Morgan fingerprint density at radius 1 is 1.35 bits per heavy atom. The van der Waals surface area contributed by atoms with Crippen molar-refractivity contribution >= 4 is 0 Å². The van der Waals surface area contributed by atoms with Crippen LogP contribution in [0.3, 0.4) is 0 Å². The predicted molar refractivity (Wildman–Crippen MR) is 67.3 cm³/mol. The largest absolute Gasteiger partial charge is 0.504 e. The number of hydrogen-bond acceptors (Lipinski definition) is 2. The number of phenolic OH excluding ortho intramolecular Hbond substituents is 1. The zero-order valence-corrected chi connectivity index (χ0v) is 10.1. The summed E-state index contributed by atoms with van der Waals surface area (Å²) in [5.74, 6) is 2.48. The van der Waals surface area contributed by atoms with Gasteiger partial charge >= 0.3 is 0 Å². The summed E-state index contributed by atoms with van der Waals surface area (Å²) in [4.78, 5) is 0. The number of phenols is 1. The fourth-order valence-electron chi connectivity index (χ4n) is 3.24. The maximum Gasteiger partial charge on any atom is 0.160 e. The SMILES string of the molecule is COc1cc(CC2CC3=CCC2C3)ccc1O. The van der Waals surface area contributed by atoms with Gasteiger partial charge in [-0.3, -0.25) is 0 Å². The predicted octanol–water partition coefficient (Wildman–Crippen LogP) is 3.30. The Bertz CT molecular complexity index is 462. The Kier molecular flexibility index (Phi) is 2.58. The summed E-state index contributed by atoms with van der Waals surface area (Å²) in [6.07, 6.45) is 7.39. The molecule has 1 fully saturated rings. The number of benzene rings is 1. The lowest BCUT2D eigenvalue weighted by atomic mass is 9.86. The van der Waals surface area contributed by atoms with Crippen molar-refractivity contribution in [2.24, 2.45) is 11.8 Å². The molecule has 0 amide bonds. The molecule has 0 aromatic heterocycles. The molecule has 0 heterocycles. The quantitative estimate of drug-likeness (QED) is 0.807. The van der Waals surface area contributed by atoms with Crippen LogP contribution in [0.15, 0.2) is 29.8 Å². The molecule has 1 aromatic carbocycles. The highest BCUT2D eigenvalue weighted by atomic mass is 16.5. The van der Waals surface area contributed by atoms with E-state index in [-0.39, 0.29) is 5.75 Å². The fourth-order valence-corrected chi connectivity index (χ4v) is 3.24. The molecule has 2 aliphatic rings. The van der Waals surface area contributed by atoms with Crippen molar-refractivity contribution in [3.8, 4) is 11.5 Å². The molecule has 0 spiro atoms. The number of hydrogen-bond donors (Lipinski definition) is 1. The number of aromatic hydroxyl groups is 1. The van der Waals surface area contributed by atoms with Crippen molar-refractivity contribution < 1.29 is 9.84 Å². The van der Waals surface area contributed by atoms with E-state index >= 15 is 0 Å². The van der Waals surface area contributed by atoms with E-state index in [2.05, 4.69) is 6.08 Å². The molecule has 1 saturated carbocycles. The van der Waals surface area contributed by atoms with E-state index in [9.17, 15) is 5.11 Å². The van der Waals surface area contributed by atoms with Crippen LogP contribution in [0, 0.1) is 11.8 Å². The van der Waals surface area contributed by atoms with E-state index in [0.29, 0.717) is 5.75 Å². The average Bonchev–Trinajstić information content (AvgIpc) is 2.93. The van der Waals surface area contributed by atoms with Crippen molar-refractivity contribution in [2.45, 2.75) is 25.7 Å². The van der Waals surface area contributed by atoms with Gasteiger partial charge < -0.3 is 9.84 Å². The smallest absolute Gasteiger partial charge is 0.160 e. The molecule has 2 atom stereocenters. The minimum atomic E-state index is 0.229. The summed E-state index contributed by atoms with van der Waals surface area (Å²) in [5.41, 5.74) is 2.93. The van der Waals surface area contributed by atoms with Crippen LogP contribution in [-0.4, -0.2) is 12.2 Å². The molecule has 2 aliphatic carbocycles. The van der Waals surface area contributed by atoms with Crippen LogP contribution in [-0.2, 0) is 6.42 Å². The third-order valence-corrected chi connectivity index (χ3v) is 4.17. The van der Waals surface area contributed by atoms with Gasteiger partial charge in [0.1, 0.15) is 0 Å². The van der Waals surface area contributed by atoms with Gasteiger partial charge in [0.15, 0.2) is 11.5 Å². The van der Waals surface area contributed by atoms with Gasteiger partial charge in [-0.05, 0) is 55.2 Å². The van der Waals surface area contributed by atoms with Gasteiger partial charge in [-0.1, -0.05) is 17.7 Å². The number of methoxy groups -OCH3 is 1. The van der Waals surface area contributed by atoms with E-state index in [0.717, 1.165) is 18.3 Å². The van der Waals surface area contributed by atoms with Gasteiger partial charge in [0.05, 0.1) is 7.11 Å². The van der Waals surface area contributed by atoms with Crippen LogP contribution in [0.5, 0.6) is 11.5 Å². The van der Waals surface area contributed by atoms with Crippen molar-refractivity contribution in [1.82, 2.24) is 0 Å². The van der Waals surface area contributed by atoms with E-state index in [1.54, 1.807) is 18.7 Å². The van der Waals surface area contributed by atoms with Crippen LogP contribution in [0.4, 0.5) is 0 Å². The van der Waals surface area contributed by atoms with Crippen LogP contribution < -0.4 is 4.74 Å². The van der Waals surface area contributed by atoms with Gasteiger partial charge in [-0.2, -0.15) is 0 Å². The number of allylic oxidation sites excluding steroid dienone is 2. The molecular weight excluding hydrogens is 212 g/mol. The maximum absolute atomic E-state index is 9.57. The Balaban J connectivity index is 1.75. The van der Waals surface area contributed by atoms with Gasteiger partial charge in [-0.25, -0.2) is 0 Å². The molecule has 17 heavy (non-hydrogen) atoms. The summed E-state index contributed by atoms with van der Waals surface area (Å²) in [5, 5.41) is 9.57. The van der Waals surface area contributed by atoms with E-state index in [1.807, 2.05) is 12.1 Å². The van der Waals surface area contributed by atoms with E-state index < -0.39 is 0 Å². The van der Waals surface area contributed by atoms with Crippen LogP contribution in [0.2, 0.25) is 0 Å². The first-order valence-electron chi connectivity index (χ1n) is 6.30. The molecule has 0 saturated heterocycles. The van der Waals surface area contributed by atoms with Crippen molar-refractivity contribution in [1.29, 1.82) is 0 Å². The highest BCUT2D eigenvalue weighted by molar-refractivity contribution is 5.42. The molecule has 3 rings (SSSR count). The molecule has 1 aromatic rings. The molecule has 2 nitrogen and oxygen atoms in total. The molecule has 2 unspecified atom stereocenters.